The van der Waals surface area contributed by atoms with Gasteiger partial charge in [-0.1, -0.05) is 34.9 Å². The molecule has 3 heterocycles. The summed E-state index contributed by atoms with van der Waals surface area (Å²) in [6.07, 6.45) is 5.15. The topological polar surface area (TPSA) is 47.6 Å². The fraction of sp³-hybridized carbons (Fsp3) is 0.500. The van der Waals surface area contributed by atoms with E-state index in [1.165, 1.54) is 5.57 Å². The van der Waals surface area contributed by atoms with Crippen molar-refractivity contribution >= 4 is 34.8 Å². The van der Waals surface area contributed by atoms with Crippen LogP contribution >= 0.6 is 23.2 Å². The van der Waals surface area contributed by atoms with Crippen molar-refractivity contribution in [1.29, 1.82) is 0 Å². The molecule has 3 aliphatic heterocycles. The lowest BCUT2D eigenvalue weighted by Gasteiger charge is -2.30. The van der Waals surface area contributed by atoms with Crippen LogP contribution in [-0.4, -0.2) is 31.3 Å². The summed E-state index contributed by atoms with van der Waals surface area (Å²) in [4.78, 5) is 12.9. The molecule has 4 rings (SSSR count). The number of hydrogen-bond acceptors (Lipinski definition) is 3. The molecule has 1 amide bonds. The van der Waals surface area contributed by atoms with Crippen LogP contribution in [0.5, 0.6) is 0 Å². The molecular formula is C18H19Cl2NO3. The standard InChI is InChI=1S/C18H19Cl2NO3/c19-12-2-1-11(9-13(12)20)21-18(22)17-15-4-3-14(24-15)16(17)10-5-7-23-8-6-10/h1-2,5,9,14-17H,3-4,6-8H2,(H,21,22)/t14-,15+,16-,17-/m0/s1. The van der Waals surface area contributed by atoms with Crippen LogP contribution < -0.4 is 5.32 Å². The van der Waals surface area contributed by atoms with Gasteiger partial charge in [-0.15, -0.1) is 0 Å². The van der Waals surface area contributed by atoms with E-state index in [0.717, 1.165) is 25.9 Å². The Balaban J connectivity index is 1.55. The highest BCUT2D eigenvalue weighted by Crippen LogP contribution is 2.48. The number of hydrogen-bond donors (Lipinski definition) is 1. The van der Waals surface area contributed by atoms with E-state index < -0.39 is 0 Å². The van der Waals surface area contributed by atoms with Crippen LogP contribution in [0.4, 0.5) is 5.69 Å². The molecule has 2 fully saturated rings. The second kappa shape index (κ2) is 6.68. The first kappa shape index (κ1) is 16.4. The number of amides is 1. The zero-order chi connectivity index (χ0) is 16.7. The molecule has 2 saturated heterocycles. The van der Waals surface area contributed by atoms with E-state index in [0.29, 0.717) is 22.3 Å². The molecule has 0 aromatic heterocycles. The molecule has 128 valence electrons. The van der Waals surface area contributed by atoms with Gasteiger partial charge < -0.3 is 14.8 Å². The van der Waals surface area contributed by atoms with Gasteiger partial charge in [-0.25, -0.2) is 0 Å². The average Bonchev–Trinajstić information content (AvgIpc) is 3.20. The molecule has 6 heteroatoms. The van der Waals surface area contributed by atoms with Gasteiger partial charge in [-0.2, -0.15) is 0 Å². The Bertz CT molecular complexity index is 691. The van der Waals surface area contributed by atoms with E-state index in [2.05, 4.69) is 11.4 Å². The summed E-state index contributed by atoms with van der Waals surface area (Å²) in [6, 6.07) is 5.14. The highest BCUT2D eigenvalue weighted by molar-refractivity contribution is 6.42. The van der Waals surface area contributed by atoms with E-state index in [9.17, 15) is 4.79 Å². The Morgan fingerprint density at radius 3 is 2.75 bits per heavy atom. The van der Waals surface area contributed by atoms with Crippen molar-refractivity contribution in [2.24, 2.45) is 11.8 Å². The number of carbonyl (C=O) groups is 1. The van der Waals surface area contributed by atoms with Crippen molar-refractivity contribution in [3.8, 4) is 0 Å². The minimum atomic E-state index is -0.150. The molecule has 0 radical (unpaired) electrons. The molecule has 1 aromatic rings. The van der Waals surface area contributed by atoms with Crippen molar-refractivity contribution in [1.82, 2.24) is 0 Å². The van der Waals surface area contributed by atoms with Crippen LogP contribution in [0.25, 0.3) is 0 Å². The number of ether oxygens (including phenoxy) is 2. The van der Waals surface area contributed by atoms with Crippen molar-refractivity contribution in [2.45, 2.75) is 31.5 Å². The third-order valence-corrected chi connectivity index (χ3v) is 5.93. The summed E-state index contributed by atoms with van der Waals surface area (Å²) in [6.45, 7) is 1.35. The highest BCUT2D eigenvalue weighted by Gasteiger charge is 2.53. The van der Waals surface area contributed by atoms with Gasteiger partial charge in [0.25, 0.3) is 0 Å². The van der Waals surface area contributed by atoms with Gasteiger partial charge in [0.15, 0.2) is 0 Å². The van der Waals surface area contributed by atoms with Crippen LogP contribution in [0.1, 0.15) is 19.3 Å². The summed E-state index contributed by atoms with van der Waals surface area (Å²) in [7, 11) is 0. The van der Waals surface area contributed by atoms with Crippen molar-refractivity contribution in [2.75, 3.05) is 18.5 Å². The number of nitrogens with one attached hydrogen (secondary N) is 1. The molecule has 3 aliphatic rings. The smallest absolute Gasteiger partial charge is 0.230 e. The lowest BCUT2D eigenvalue weighted by atomic mass is 9.73. The Morgan fingerprint density at radius 2 is 2.00 bits per heavy atom. The lowest BCUT2D eigenvalue weighted by molar-refractivity contribution is -0.122. The number of carbonyl (C=O) groups excluding carboxylic acids is 1. The van der Waals surface area contributed by atoms with Gasteiger partial charge in [0.2, 0.25) is 5.91 Å². The van der Waals surface area contributed by atoms with Gasteiger partial charge >= 0.3 is 0 Å². The zero-order valence-electron chi connectivity index (χ0n) is 13.1. The van der Waals surface area contributed by atoms with Crippen molar-refractivity contribution < 1.29 is 14.3 Å². The second-order valence-corrected chi connectivity index (χ2v) is 7.38. The van der Waals surface area contributed by atoms with Gasteiger partial charge in [0.1, 0.15) is 0 Å². The van der Waals surface area contributed by atoms with Gasteiger partial charge in [-0.05, 0) is 37.5 Å². The van der Waals surface area contributed by atoms with Crippen molar-refractivity contribution in [3.05, 3.63) is 39.9 Å². The largest absolute Gasteiger partial charge is 0.377 e. The third kappa shape index (κ3) is 2.97. The lowest BCUT2D eigenvalue weighted by Crippen LogP contribution is -2.38. The quantitative estimate of drug-likeness (QED) is 0.819. The summed E-state index contributed by atoms with van der Waals surface area (Å²) < 4.78 is 11.5. The van der Waals surface area contributed by atoms with Crippen molar-refractivity contribution in [3.63, 3.8) is 0 Å². The first-order chi connectivity index (χ1) is 11.6. The number of fused-ring (bicyclic) bond motifs is 2. The molecule has 1 N–H and O–H groups in total. The minimum Gasteiger partial charge on any atom is -0.377 e. The normalized spacial score (nSPS) is 31.8. The first-order valence-corrected chi connectivity index (χ1v) is 9.07. The molecule has 1 aromatic carbocycles. The zero-order valence-corrected chi connectivity index (χ0v) is 14.6. The number of halogens is 2. The van der Waals surface area contributed by atoms with Gasteiger partial charge in [0.05, 0.1) is 41.4 Å². The van der Waals surface area contributed by atoms with Crippen LogP contribution in [0.15, 0.2) is 29.8 Å². The van der Waals surface area contributed by atoms with E-state index in [1.807, 2.05) is 0 Å². The maximum Gasteiger partial charge on any atom is 0.230 e. The second-order valence-electron chi connectivity index (χ2n) is 6.56. The Kier molecular flexibility index (Phi) is 4.56. The van der Waals surface area contributed by atoms with Gasteiger partial charge in [0, 0.05) is 11.6 Å². The molecule has 4 nitrogen and oxygen atoms in total. The average molecular weight is 368 g/mol. The molecule has 0 saturated carbocycles. The molecule has 0 spiro atoms. The molecular weight excluding hydrogens is 349 g/mol. The Hall–Kier alpha value is -1.07. The summed E-state index contributed by atoms with van der Waals surface area (Å²) in [5, 5.41) is 3.89. The van der Waals surface area contributed by atoms with Crippen LogP contribution in [0.2, 0.25) is 10.0 Å². The fourth-order valence-corrected chi connectivity index (χ4v) is 4.42. The summed E-state index contributed by atoms with van der Waals surface area (Å²) in [5.74, 6) is 0.0101. The molecule has 2 bridgehead atoms. The van der Waals surface area contributed by atoms with Gasteiger partial charge in [-0.3, -0.25) is 4.79 Å². The summed E-state index contributed by atoms with van der Waals surface area (Å²) in [5.41, 5.74) is 1.97. The highest BCUT2D eigenvalue weighted by atomic mass is 35.5. The maximum atomic E-state index is 12.9. The number of benzene rings is 1. The van der Waals surface area contributed by atoms with Crippen LogP contribution in [0.3, 0.4) is 0 Å². The Morgan fingerprint density at radius 1 is 1.17 bits per heavy atom. The summed E-state index contributed by atoms with van der Waals surface area (Å²) >= 11 is 12.0. The van der Waals surface area contributed by atoms with Crippen LogP contribution in [0, 0.1) is 11.8 Å². The monoisotopic (exact) mass is 367 g/mol. The van der Waals surface area contributed by atoms with E-state index >= 15 is 0 Å². The SMILES string of the molecule is O=C(Nc1ccc(Cl)c(Cl)c1)[C@@H]1[C@@H](C2=CCOCC2)[C@@H]2CC[C@H]1O2. The minimum absolute atomic E-state index is 0.00187. The van der Waals surface area contributed by atoms with E-state index in [-0.39, 0.29) is 30.0 Å². The van der Waals surface area contributed by atoms with E-state index in [4.69, 9.17) is 32.7 Å². The molecule has 4 atom stereocenters. The predicted molar refractivity (Wildman–Crippen MR) is 93.5 cm³/mol. The van der Waals surface area contributed by atoms with E-state index in [1.54, 1.807) is 18.2 Å². The third-order valence-electron chi connectivity index (χ3n) is 5.19. The predicted octanol–water partition coefficient (Wildman–Crippen LogP) is 4.07. The molecule has 24 heavy (non-hydrogen) atoms. The fourth-order valence-electron chi connectivity index (χ4n) is 4.12. The number of rotatable bonds is 3. The Labute approximate surface area is 151 Å². The first-order valence-electron chi connectivity index (χ1n) is 8.31. The molecule has 0 unspecified atom stereocenters. The van der Waals surface area contributed by atoms with Crippen LogP contribution in [-0.2, 0) is 14.3 Å². The molecule has 0 aliphatic carbocycles. The number of anilines is 1. The maximum absolute atomic E-state index is 12.9.